The van der Waals surface area contributed by atoms with E-state index in [4.69, 9.17) is 9.72 Å². The molecule has 8 nitrogen and oxygen atoms in total. The van der Waals surface area contributed by atoms with E-state index in [0.29, 0.717) is 19.7 Å². The average Bonchev–Trinajstić information content (AvgIpc) is 2.92. The molecule has 1 aromatic heterocycles. The Morgan fingerprint density at radius 1 is 1.04 bits per heavy atom. The third-order valence-electron chi connectivity index (χ3n) is 4.55. The van der Waals surface area contributed by atoms with Crippen molar-refractivity contribution in [3.8, 4) is 0 Å². The molecule has 0 aliphatic carbocycles. The molecule has 0 atom stereocenters. The fraction of sp³-hybridized carbons (Fsp3) is 0.750. The number of nitrogens with zero attached hydrogens (tertiary/aromatic N) is 6. The first-order valence-electron chi connectivity index (χ1n) is 8.89. The first-order chi connectivity index (χ1) is 11.8. The van der Waals surface area contributed by atoms with Crippen LogP contribution in [0, 0.1) is 0 Å². The summed E-state index contributed by atoms with van der Waals surface area (Å²) in [5, 5.41) is 8.37. The van der Waals surface area contributed by atoms with Crippen molar-refractivity contribution < 1.29 is 9.53 Å². The van der Waals surface area contributed by atoms with Gasteiger partial charge in [-0.2, -0.15) is 10.1 Å². The Labute approximate surface area is 142 Å². The van der Waals surface area contributed by atoms with Gasteiger partial charge in [0.1, 0.15) is 0 Å². The molecule has 1 amide bonds. The second-order valence-electron chi connectivity index (χ2n) is 6.19. The maximum Gasteiger partial charge on any atom is 0.409 e. The molecule has 2 aliphatic heterocycles. The van der Waals surface area contributed by atoms with Gasteiger partial charge in [0.2, 0.25) is 5.95 Å². The molecule has 2 fully saturated rings. The highest BCUT2D eigenvalue weighted by atomic mass is 16.6. The topological polar surface area (TPSA) is 74.7 Å². The van der Waals surface area contributed by atoms with Gasteiger partial charge in [0, 0.05) is 39.3 Å². The number of hydrogen-bond acceptors (Lipinski definition) is 7. The van der Waals surface area contributed by atoms with Gasteiger partial charge in [0.25, 0.3) is 0 Å². The molecule has 8 heteroatoms. The maximum absolute atomic E-state index is 11.8. The van der Waals surface area contributed by atoms with Crippen LogP contribution < -0.4 is 9.80 Å². The quantitative estimate of drug-likeness (QED) is 0.830. The van der Waals surface area contributed by atoms with Crippen molar-refractivity contribution in [1.29, 1.82) is 0 Å². The van der Waals surface area contributed by atoms with E-state index in [-0.39, 0.29) is 6.09 Å². The van der Waals surface area contributed by atoms with Crippen molar-refractivity contribution in [2.24, 2.45) is 0 Å². The van der Waals surface area contributed by atoms with Crippen LogP contribution in [-0.2, 0) is 4.74 Å². The van der Waals surface area contributed by atoms with Crippen LogP contribution in [0.1, 0.15) is 32.6 Å². The molecule has 1 aromatic rings. The zero-order chi connectivity index (χ0) is 16.8. The Hall–Kier alpha value is -2.12. The lowest BCUT2D eigenvalue weighted by Crippen LogP contribution is -2.49. The fourth-order valence-corrected chi connectivity index (χ4v) is 3.18. The zero-order valence-corrected chi connectivity index (χ0v) is 14.4. The van der Waals surface area contributed by atoms with Crippen LogP contribution in [-0.4, -0.2) is 72.0 Å². The van der Waals surface area contributed by atoms with Crippen molar-refractivity contribution in [1.82, 2.24) is 20.1 Å². The highest BCUT2D eigenvalue weighted by molar-refractivity contribution is 5.68. The first-order valence-corrected chi connectivity index (χ1v) is 8.89. The zero-order valence-electron chi connectivity index (χ0n) is 14.4. The number of carbonyl (C=O) groups excluding carboxylic acids is 1. The number of rotatable bonds is 3. The third-order valence-corrected chi connectivity index (χ3v) is 4.55. The standard InChI is InChI=1S/C16H26N6O2/c1-2-24-16(23)22-11-9-20(10-12-22)14-13-17-19-15(18-14)21-7-5-3-4-6-8-21/h13H,2-12H2,1H3. The Balaban J connectivity index is 1.61. The number of amides is 1. The van der Waals surface area contributed by atoms with Crippen LogP contribution >= 0.6 is 0 Å². The molecule has 3 heterocycles. The van der Waals surface area contributed by atoms with Gasteiger partial charge in [-0.25, -0.2) is 4.79 Å². The summed E-state index contributed by atoms with van der Waals surface area (Å²) >= 11 is 0. The van der Waals surface area contributed by atoms with E-state index in [1.807, 2.05) is 6.92 Å². The monoisotopic (exact) mass is 334 g/mol. The smallest absolute Gasteiger partial charge is 0.409 e. The van der Waals surface area contributed by atoms with Gasteiger partial charge in [-0.1, -0.05) is 12.8 Å². The van der Waals surface area contributed by atoms with Gasteiger partial charge in [-0.15, -0.1) is 5.10 Å². The second kappa shape index (κ2) is 8.12. The summed E-state index contributed by atoms with van der Waals surface area (Å²) < 4.78 is 5.06. The molecule has 2 saturated heterocycles. The molecule has 2 aliphatic rings. The van der Waals surface area contributed by atoms with Crippen LogP contribution in [0.4, 0.5) is 16.6 Å². The minimum atomic E-state index is -0.233. The molecule has 132 valence electrons. The number of anilines is 2. The van der Waals surface area contributed by atoms with Crippen molar-refractivity contribution in [2.75, 3.05) is 55.7 Å². The van der Waals surface area contributed by atoms with Crippen LogP contribution in [0.3, 0.4) is 0 Å². The summed E-state index contributed by atoms with van der Waals surface area (Å²) in [4.78, 5) is 22.6. The van der Waals surface area contributed by atoms with Gasteiger partial charge in [-0.3, -0.25) is 0 Å². The summed E-state index contributed by atoms with van der Waals surface area (Å²) in [6.07, 6.45) is 6.40. The molecule has 0 saturated carbocycles. The number of ether oxygens (including phenoxy) is 1. The fourth-order valence-electron chi connectivity index (χ4n) is 3.18. The van der Waals surface area contributed by atoms with Gasteiger partial charge < -0.3 is 19.4 Å². The highest BCUT2D eigenvalue weighted by Crippen LogP contribution is 2.19. The second-order valence-corrected chi connectivity index (χ2v) is 6.19. The summed E-state index contributed by atoms with van der Waals surface area (Å²) in [6, 6.07) is 0. The number of piperazine rings is 1. The number of hydrogen-bond donors (Lipinski definition) is 0. The van der Waals surface area contributed by atoms with E-state index < -0.39 is 0 Å². The van der Waals surface area contributed by atoms with Gasteiger partial charge in [0.05, 0.1) is 12.8 Å². The molecule has 24 heavy (non-hydrogen) atoms. The van der Waals surface area contributed by atoms with E-state index >= 15 is 0 Å². The van der Waals surface area contributed by atoms with Gasteiger partial charge in [0.15, 0.2) is 5.82 Å². The molecule has 0 aromatic carbocycles. The minimum Gasteiger partial charge on any atom is -0.450 e. The van der Waals surface area contributed by atoms with Crippen molar-refractivity contribution in [3.63, 3.8) is 0 Å². The molecular weight excluding hydrogens is 308 g/mol. The minimum absolute atomic E-state index is 0.233. The lowest BCUT2D eigenvalue weighted by atomic mass is 10.2. The van der Waals surface area contributed by atoms with E-state index in [1.54, 1.807) is 11.1 Å². The van der Waals surface area contributed by atoms with Gasteiger partial charge >= 0.3 is 6.09 Å². The summed E-state index contributed by atoms with van der Waals surface area (Å²) in [5.41, 5.74) is 0. The average molecular weight is 334 g/mol. The largest absolute Gasteiger partial charge is 0.450 e. The lowest BCUT2D eigenvalue weighted by molar-refractivity contribution is 0.105. The van der Waals surface area contributed by atoms with Crippen molar-refractivity contribution in [3.05, 3.63) is 6.20 Å². The number of carbonyl (C=O) groups is 1. The molecule has 0 radical (unpaired) electrons. The van der Waals surface area contributed by atoms with E-state index in [0.717, 1.165) is 37.9 Å². The summed E-state index contributed by atoms with van der Waals surface area (Å²) in [7, 11) is 0. The molecule has 0 N–H and O–H groups in total. The lowest BCUT2D eigenvalue weighted by Gasteiger charge is -2.34. The predicted octanol–water partition coefficient (Wildman–Crippen LogP) is 1.53. The highest BCUT2D eigenvalue weighted by Gasteiger charge is 2.23. The molecule has 0 bridgehead atoms. The van der Waals surface area contributed by atoms with Crippen LogP contribution in [0.25, 0.3) is 0 Å². The van der Waals surface area contributed by atoms with Gasteiger partial charge in [-0.05, 0) is 19.8 Å². The Bertz CT molecular complexity index is 539. The molecule has 0 spiro atoms. The van der Waals surface area contributed by atoms with Crippen LogP contribution in [0.15, 0.2) is 6.20 Å². The van der Waals surface area contributed by atoms with Crippen LogP contribution in [0.5, 0.6) is 0 Å². The SMILES string of the molecule is CCOC(=O)N1CCN(c2cnnc(N3CCCCCC3)n2)CC1. The summed E-state index contributed by atoms with van der Waals surface area (Å²) in [6.45, 7) is 6.99. The molecular formula is C16H26N6O2. The summed E-state index contributed by atoms with van der Waals surface area (Å²) in [5.74, 6) is 1.56. The van der Waals surface area contributed by atoms with Crippen LogP contribution in [0.2, 0.25) is 0 Å². The molecule has 3 rings (SSSR count). The third kappa shape index (κ3) is 4.04. The Kier molecular flexibility index (Phi) is 5.66. The van der Waals surface area contributed by atoms with E-state index in [9.17, 15) is 4.79 Å². The van der Waals surface area contributed by atoms with Crippen molar-refractivity contribution >= 4 is 17.9 Å². The Morgan fingerprint density at radius 2 is 1.75 bits per heavy atom. The van der Waals surface area contributed by atoms with E-state index in [2.05, 4.69) is 20.0 Å². The van der Waals surface area contributed by atoms with Crippen molar-refractivity contribution in [2.45, 2.75) is 32.6 Å². The number of aromatic nitrogens is 3. The molecule has 0 unspecified atom stereocenters. The normalized spacial score (nSPS) is 19.1. The first kappa shape index (κ1) is 16.7. The predicted molar refractivity (Wildman–Crippen MR) is 91.3 cm³/mol. The maximum atomic E-state index is 11.8. The van der Waals surface area contributed by atoms with E-state index in [1.165, 1.54) is 25.7 Å². The Morgan fingerprint density at radius 3 is 2.42 bits per heavy atom.